The van der Waals surface area contributed by atoms with E-state index >= 15 is 0 Å². The van der Waals surface area contributed by atoms with Gasteiger partial charge in [-0.05, 0) is 12.8 Å². The number of ether oxygens (including phenoxy) is 2. The molecule has 3 atom stereocenters. The van der Waals surface area contributed by atoms with E-state index in [-0.39, 0.29) is 19.1 Å². The first-order chi connectivity index (χ1) is 9.99. The van der Waals surface area contributed by atoms with E-state index in [9.17, 15) is 19.5 Å². The smallest absolute Gasteiger partial charge is 0.328 e. The molecule has 0 aromatic heterocycles. The lowest BCUT2D eigenvalue weighted by molar-refractivity contribution is -0.145. The highest BCUT2D eigenvalue weighted by Crippen LogP contribution is 2.26. The molecule has 2 heterocycles. The molecule has 2 amide bonds. The van der Waals surface area contributed by atoms with E-state index in [1.165, 1.54) is 24.0 Å². The number of rotatable bonds is 3. The molecular formula is C13H20N2O6. The van der Waals surface area contributed by atoms with Gasteiger partial charge in [-0.2, -0.15) is 0 Å². The van der Waals surface area contributed by atoms with Crippen molar-refractivity contribution in [2.75, 3.05) is 27.3 Å². The zero-order valence-corrected chi connectivity index (χ0v) is 12.2. The minimum atomic E-state index is -1.06. The fraction of sp³-hybridized carbons (Fsp3) is 0.769. The van der Waals surface area contributed by atoms with Crippen LogP contribution in [0.4, 0.5) is 4.79 Å². The van der Waals surface area contributed by atoms with Crippen LogP contribution in [0.15, 0.2) is 0 Å². The Labute approximate surface area is 122 Å². The number of hydrogen-bond donors (Lipinski definition) is 1. The minimum Gasteiger partial charge on any atom is -0.480 e. The highest BCUT2D eigenvalue weighted by molar-refractivity contribution is 5.87. The number of carbonyl (C=O) groups excluding carboxylic acids is 2. The Hall–Kier alpha value is -1.83. The van der Waals surface area contributed by atoms with Crippen molar-refractivity contribution in [1.29, 1.82) is 0 Å². The summed E-state index contributed by atoms with van der Waals surface area (Å²) in [5, 5.41) is 9.25. The lowest BCUT2D eigenvalue weighted by Crippen LogP contribution is -2.51. The fourth-order valence-corrected chi connectivity index (χ4v) is 2.96. The van der Waals surface area contributed by atoms with Gasteiger partial charge in [-0.25, -0.2) is 14.4 Å². The van der Waals surface area contributed by atoms with Crippen LogP contribution in [0.3, 0.4) is 0 Å². The van der Waals surface area contributed by atoms with Crippen molar-refractivity contribution < 1.29 is 29.0 Å². The van der Waals surface area contributed by atoms with Crippen molar-refractivity contribution in [3.8, 4) is 0 Å². The van der Waals surface area contributed by atoms with Gasteiger partial charge in [0.15, 0.2) is 0 Å². The van der Waals surface area contributed by atoms with Crippen molar-refractivity contribution >= 4 is 18.0 Å². The van der Waals surface area contributed by atoms with Gasteiger partial charge in [0, 0.05) is 26.6 Å². The van der Waals surface area contributed by atoms with Crippen LogP contribution in [0.2, 0.25) is 0 Å². The molecule has 0 saturated carbocycles. The largest absolute Gasteiger partial charge is 0.480 e. The highest BCUT2D eigenvalue weighted by Gasteiger charge is 2.45. The number of nitrogens with zero attached hydrogens (tertiary/aromatic N) is 2. The second-order valence-corrected chi connectivity index (χ2v) is 5.26. The van der Waals surface area contributed by atoms with Gasteiger partial charge < -0.3 is 24.4 Å². The SMILES string of the molecule is COC(=O)C1CCCN1C(=O)N1CC(OC)CC1C(=O)O. The number of carboxylic acid groups (broad SMARTS) is 1. The molecule has 0 aromatic rings. The van der Waals surface area contributed by atoms with Crippen molar-refractivity contribution in [3.05, 3.63) is 0 Å². The van der Waals surface area contributed by atoms with Gasteiger partial charge in [0.05, 0.1) is 13.2 Å². The van der Waals surface area contributed by atoms with E-state index < -0.39 is 30.1 Å². The Morgan fingerprint density at radius 1 is 1.14 bits per heavy atom. The van der Waals surface area contributed by atoms with Gasteiger partial charge >= 0.3 is 18.0 Å². The molecule has 2 saturated heterocycles. The van der Waals surface area contributed by atoms with Crippen LogP contribution < -0.4 is 0 Å². The molecule has 0 spiro atoms. The number of methoxy groups -OCH3 is 2. The summed E-state index contributed by atoms with van der Waals surface area (Å²) in [6, 6.07) is -1.98. The van der Waals surface area contributed by atoms with Crippen LogP contribution in [0.1, 0.15) is 19.3 Å². The monoisotopic (exact) mass is 300 g/mol. The maximum atomic E-state index is 12.6. The summed E-state index contributed by atoms with van der Waals surface area (Å²) in [6.07, 6.45) is 1.20. The molecule has 0 radical (unpaired) electrons. The minimum absolute atomic E-state index is 0.219. The van der Waals surface area contributed by atoms with E-state index in [2.05, 4.69) is 0 Å². The molecule has 8 nitrogen and oxygen atoms in total. The summed E-state index contributed by atoms with van der Waals surface area (Å²) in [4.78, 5) is 38.3. The van der Waals surface area contributed by atoms with E-state index in [1.54, 1.807) is 0 Å². The third kappa shape index (κ3) is 2.94. The van der Waals surface area contributed by atoms with Gasteiger partial charge in [-0.15, -0.1) is 0 Å². The highest BCUT2D eigenvalue weighted by atomic mass is 16.5. The van der Waals surface area contributed by atoms with Crippen LogP contribution in [0.25, 0.3) is 0 Å². The summed E-state index contributed by atoms with van der Waals surface area (Å²) in [5.41, 5.74) is 0. The first-order valence-electron chi connectivity index (χ1n) is 6.90. The number of urea groups is 1. The molecule has 3 unspecified atom stereocenters. The molecule has 0 aromatic carbocycles. The van der Waals surface area contributed by atoms with Crippen LogP contribution in [0, 0.1) is 0 Å². The topological polar surface area (TPSA) is 96.4 Å². The van der Waals surface area contributed by atoms with E-state index in [0.29, 0.717) is 19.4 Å². The van der Waals surface area contributed by atoms with Crippen molar-refractivity contribution in [1.82, 2.24) is 9.80 Å². The molecule has 8 heteroatoms. The summed E-state index contributed by atoms with van der Waals surface area (Å²) in [6.45, 7) is 0.649. The molecule has 0 aliphatic carbocycles. The number of aliphatic carboxylic acids is 1. The Kier molecular flexibility index (Phi) is 4.66. The third-order valence-corrected chi connectivity index (χ3v) is 4.10. The maximum absolute atomic E-state index is 12.6. The fourth-order valence-electron chi connectivity index (χ4n) is 2.96. The lowest BCUT2D eigenvalue weighted by Gasteiger charge is -2.30. The molecule has 1 N–H and O–H groups in total. The number of carboxylic acids is 1. The Morgan fingerprint density at radius 3 is 2.43 bits per heavy atom. The number of esters is 1. The van der Waals surface area contributed by atoms with Crippen molar-refractivity contribution in [2.24, 2.45) is 0 Å². The standard InChI is InChI=1S/C13H20N2O6/c1-20-8-6-10(11(16)17)15(7-8)13(19)14-5-3-4-9(14)12(18)21-2/h8-10H,3-7H2,1-2H3,(H,16,17). The molecule has 2 aliphatic rings. The first-order valence-corrected chi connectivity index (χ1v) is 6.90. The first kappa shape index (κ1) is 15.6. The van der Waals surface area contributed by atoms with Gasteiger partial charge in [0.25, 0.3) is 0 Å². The number of likely N-dealkylation sites (tertiary alicyclic amines) is 2. The van der Waals surface area contributed by atoms with Gasteiger partial charge in [-0.1, -0.05) is 0 Å². The quantitative estimate of drug-likeness (QED) is 0.732. The van der Waals surface area contributed by atoms with Crippen LogP contribution >= 0.6 is 0 Å². The Bertz CT molecular complexity index is 440. The number of carbonyl (C=O) groups is 3. The van der Waals surface area contributed by atoms with E-state index in [1.807, 2.05) is 0 Å². The third-order valence-electron chi connectivity index (χ3n) is 4.10. The molecule has 2 fully saturated rings. The summed E-state index contributed by atoms with van der Waals surface area (Å²) >= 11 is 0. The zero-order valence-electron chi connectivity index (χ0n) is 12.2. The second kappa shape index (κ2) is 6.30. The predicted molar refractivity (Wildman–Crippen MR) is 70.7 cm³/mol. The Balaban J connectivity index is 2.14. The predicted octanol–water partition coefficient (Wildman–Crippen LogP) is -0.0823. The van der Waals surface area contributed by atoms with E-state index in [0.717, 1.165) is 0 Å². The second-order valence-electron chi connectivity index (χ2n) is 5.26. The molecule has 21 heavy (non-hydrogen) atoms. The van der Waals surface area contributed by atoms with Gasteiger partial charge in [0.1, 0.15) is 12.1 Å². The van der Waals surface area contributed by atoms with Crippen molar-refractivity contribution in [2.45, 2.75) is 37.5 Å². The molecular weight excluding hydrogens is 280 g/mol. The molecule has 2 rings (SSSR count). The summed E-state index contributed by atoms with van der Waals surface area (Å²) < 4.78 is 9.86. The average molecular weight is 300 g/mol. The maximum Gasteiger partial charge on any atom is 0.328 e. The van der Waals surface area contributed by atoms with Crippen molar-refractivity contribution in [3.63, 3.8) is 0 Å². The number of amides is 2. The summed E-state index contributed by atoms with van der Waals surface area (Å²) in [7, 11) is 2.77. The summed E-state index contributed by atoms with van der Waals surface area (Å²) in [5.74, 6) is -1.52. The lowest BCUT2D eigenvalue weighted by atomic mass is 10.2. The molecule has 2 aliphatic heterocycles. The van der Waals surface area contributed by atoms with Gasteiger partial charge in [0.2, 0.25) is 0 Å². The zero-order chi connectivity index (χ0) is 15.6. The van der Waals surface area contributed by atoms with Crippen LogP contribution in [-0.4, -0.2) is 78.4 Å². The van der Waals surface area contributed by atoms with Crippen LogP contribution in [-0.2, 0) is 19.1 Å². The normalized spacial score (nSPS) is 28.8. The van der Waals surface area contributed by atoms with Gasteiger partial charge in [-0.3, -0.25) is 0 Å². The van der Waals surface area contributed by atoms with E-state index in [4.69, 9.17) is 9.47 Å². The Morgan fingerprint density at radius 2 is 1.86 bits per heavy atom. The van der Waals surface area contributed by atoms with Crippen LogP contribution in [0.5, 0.6) is 0 Å². The average Bonchev–Trinajstić information content (AvgIpc) is 3.12. The molecule has 0 bridgehead atoms. The number of hydrogen-bond acceptors (Lipinski definition) is 5. The molecule has 118 valence electrons.